The van der Waals surface area contributed by atoms with Crippen LogP contribution in [0.1, 0.15) is 63.0 Å². The van der Waals surface area contributed by atoms with Gasteiger partial charge in [0.1, 0.15) is 6.61 Å². The van der Waals surface area contributed by atoms with Crippen LogP contribution in [0, 0.1) is 11.8 Å². The fourth-order valence-electron chi connectivity index (χ4n) is 4.63. The van der Waals surface area contributed by atoms with Gasteiger partial charge >= 0.3 is 12.1 Å². The van der Waals surface area contributed by atoms with Crippen molar-refractivity contribution in [3.8, 4) is 11.1 Å². The minimum absolute atomic E-state index is 0.00833. The Hall–Kier alpha value is -3.35. The van der Waals surface area contributed by atoms with Gasteiger partial charge < -0.3 is 20.5 Å². The molecule has 7 nitrogen and oxygen atoms in total. The molecule has 2 atom stereocenters. The van der Waals surface area contributed by atoms with Crippen LogP contribution in [0.15, 0.2) is 48.5 Å². The number of carbonyl (C=O) groups is 3. The third kappa shape index (κ3) is 7.31. The number of carbonyl (C=O) groups excluding carboxylic acids is 2. The summed E-state index contributed by atoms with van der Waals surface area (Å²) in [7, 11) is 0. The SMILES string of the molecule is CCCC(CNC(=O)OCC1c2ccccc2-c2ccccc21)C(=O)NCCC(C)CCC(=O)O. The highest BCUT2D eigenvalue weighted by atomic mass is 16.5. The Morgan fingerprint density at radius 3 is 2.17 bits per heavy atom. The summed E-state index contributed by atoms with van der Waals surface area (Å²) in [5.41, 5.74) is 4.66. The molecule has 0 radical (unpaired) electrons. The number of nitrogens with one attached hydrogen (secondary N) is 2. The number of ether oxygens (including phenoxy) is 1. The smallest absolute Gasteiger partial charge is 0.407 e. The van der Waals surface area contributed by atoms with Crippen molar-refractivity contribution in [3.05, 3.63) is 59.7 Å². The molecule has 0 aliphatic heterocycles. The highest BCUT2D eigenvalue weighted by molar-refractivity contribution is 5.80. The van der Waals surface area contributed by atoms with Gasteiger partial charge in [-0.3, -0.25) is 9.59 Å². The first-order chi connectivity index (χ1) is 16.9. The van der Waals surface area contributed by atoms with Crippen LogP contribution < -0.4 is 10.6 Å². The van der Waals surface area contributed by atoms with Gasteiger partial charge in [-0.2, -0.15) is 0 Å². The third-order valence-electron chi connectivity index (χ3n) is 6.63. The predicted octanol–water partition coefficient (Wildman–Crippen LogP) is 4.95. The molecule has 0 saturated heterocycles. The molecule has 3 rings (SSSR count). The zero-order valence-corrected chi connectivity index (χ0v) is 20.6. The molecule has 2 unspecified atom stereocenters. The van der Waals surface area contributed by atoms with E-state index < -0.39 is 12.1 Å². The molecule has 1 aliphatic rings. The fraction of sp³-hybridized carbons (Fsp3) is 0.464. The van der Waals surface area contributed by atoms with Crippen molar-refractivity contribution < 1.29 is 24.2 Å². The Morgan fingerprint density at radius 2 is 1.57 bits per heavy atom. The summed E-state index contributed by atoms with van der Waals surface area (Å²) in [6, 6.07) is 16.4. The van der Waals surface area contributed by atoms with Crippen LogP contribution in [0.25, 0.3) is 11.1 Å². The first-order valence-corrected chi connectivity index (χ1v) is 12.5. The van der Waals surface area contributed by atoms with E-state index in [2.05, 4.69) is 34.9 Å². The first-order valence-electron chi connectivity index (χ1n) is 12.5. The van der Waals surface area contributed by atoms with Crippen LogP contribution in [0.2, 0.25) is 0 Å². The number of alkyl carbamates (subject to hydrolysis) is 1. The van der Waals surface area contributed by atoms with Gasteiger partial charge in [0, 0.05) is 25.4 Å². The number of carboxylic acid groups (broad SMARTS) is 1. The summed E-state index contributed by atoms with van der Waals surface area (Å²) >= 11 is 0. The molecule has 2 amide bonds. The van der Waals surface area contributed by atoms with Crippen molar-refractivity contribution >= 4 is 18.0 Å². The monoisotopic (exact) mass is 480 g/mol. The molecule has 2 aromatic rings. The minimum atomic E-state index is -0.803. The molecule has 0 fully saturated rings. The third-order valence-corrected chi connectivity index (χ3v) is 6.63. The second-order valence-corrected chi connectivity index (χ2v) is 9.31. The van der Waals surface area contributed by atoms with Gasteiger partial charge in [0.05, 0.1) is 5.92 Å². The lowest BCUT2D eigenvalue weighted by Crippen LogP contribution is -2.39. The number of aliphatic carboxylic acids is 1. The summed E-state index contributed by atoms with van der Waals surface area (Å²) in [5.74, 6) is -1.03. The van der Waals surface area contributed by atoms with Crippen LogP contribution in [0.3, 0.4) is 0 Å². The van der Waals surface area contributed by atoms with E-state index in [1.54, 1.807) is 0 Å². The van der Waals surface area contributed by atoms with Crippen LogP contribution in [-0.2, 0) is 14.3 Å². The van der Waals surface area contributed by atoms with Gasteiger partial charge in [0.25, 0.3) is 0 Å². The Labute approximate surface area is 207 Å². The lowest BCUT2D eigenvalue weighted by molar-refractivity contribution is -0.137. The van der Waals surface area contributed by atoms with Gasteiger partial charge in [-0.05, 0) is 47.4 Å². The molecule has 35 heavy (non-hydrogen) atoms. The maximum atomic E-state index is 12.6. The van der Waals surface area contributed by atoms with Crippen LogP contribution in [0.5, 0.6) is 0 Å². The summed E-state index contributed by atoms with van der Waals surface area (Å²) in [4.78, 5) is 35.8. The number of fused-ring (bicyclic) bond motifs is 3. The second-order valence-electron chi connectivity index (χ2n) is 9.31. The van der Waals surface area contributed by atoms with E-state index in [9.17, 15) is 14.4 Å². The summed E-state index contributed by atoms with van der Waals surface area (Å²) < 4.78 is 5.58. The van der Waals surface area contributed by atoms with E-state index in [0.717, 1.165) is 24.0 Å². The molecule has 0 saturated carbocycles. The average molecular weight is 481 g/mol. The standard InChI is InChI=1S/C28H36N2O5/c1-3-8-20(27(33)29-16-15-19(2)13-14-26(31)32)17-30-28(34)35-18-25-23-11-6-4-9-21(23)22-10-5-7-12-24(22)25/h4-7,9-12,19-20,25H,3,8,13-18H2,1-2H3,(H,29,33)(H,30,34)(H,31,32). The summed E-state index contributed by atoms with van der Waals surface area (Å²) in [5, 5.41) is 14.5. The molecule has 0 spiro atoms. The quantitative estimate of drug-likeness (QED) is 0.376. The number of carboxylic acids is 1. The van der Waals surface area contributed by atoms with Crippen molar-refractivity contribution in [1.29, 1.82) is 0 Å². The molecule has 2 aromatic carbocycles. The number of hydrogen-bond acceptors (Lipinski definition) is 4. The maximum Gasteiger partial charge on any atom is 0.407 e. The molecule has 0 bridgehead atoms. The maximum absolute atomic E-state index is 12.6. The van der Waals surface area contributed by atoms with E-state index in [-0.39, 0.29) is 43.2 Å². The largest absolute Gasteiger partial charge is 0.481 e. The molecule has 7 heteroatoms. The Morgan fingerprint density at radius 1 is 0.943 bits per heavy atom. The van der Waals surface area contributed by atoms with Gasteiger partial charge in [-0.25, -0.2) is 4.79 Å². The Kier molecular flexibility index (Phi) is 9.70. The van der Waals surface area contributed by atoms with E-state index in [4.69, 9.17) is 9.84 Å². The minimum Gasteiger partial charge on any atom is -0.481 e. The molecular weight excluding hydrogens is 444 g/mol. The lowest BCUT2D eigenvalue weighted by atomic mass is 9.98. The van der Waals surface area contributed by atoms with Gasteiger partial charge in [-0.1, -0.05) is 68.8 Å². The predicted molar refractivity (Wildman–Crippen MR) is 135 cm³/mol. The van der Waals surface area contributed by atoms with E-state index in [1.165, 1.54) is 11.1 Å². The molecule has 0 heterocycles. The van der Waals surface area contributed by atoms with Gasteiger partial charge in [-0.15, -0.1) is 0 Å². The molecule has 3 N–H and O–H groups in total. The summed E-state index contributed by atoms with van der Waals surface area (Å²) in [6.07, 6.45) is 2.40. The zero-order valence-electron chi connectivity index (χ0n) is 20.6. The molecule has 0 aromatic heterocycles. The highest BCUT2D eigenvalue weighted by Crippen LogP contribution is 2.44. The number of benzene rings is 2. The topological polar surface area (TPSA) is 105 Å². The lowest BCUT2D eigenvalue weighted by Gasteiger charge is -2.19. The van der Waals surface area contributed by atoms with Gasteiger partial charge in [0.15, 0.2) is 0 Å². The zero-order chi connectivity index (χ0) is 25.2. The first kappa shape index (κ1) is 26.3. The van der Waals surface area contributed by atoms with Crippen LogP contribution >= 0.6 is 0 Å². The van der Waals surface area contributed by atoms with Gasteiger partial charge in [0.2, 0.25) is 5.91 Å². The number of hydrogen-bond donors (Lipinski definition) is 3. The number of amides is 2. The van der Waals surface area contributed by atoms with Crippen molar-refractivity contribution in [1.82, 2.24) is 10.6 Å². The Bertz CT molecular complexity index is 976. The second kappa shape index (κ2) is 12.9. The molecular formula is C28H36N2O5. The van der Waals surface area contributed by atoms with Crippen molar-refractivity contribution in [2.24, 2.45) is 11.8 Å². The van der Waals surface area contributed by atoms with E-state index in [1.807, 2.05) is 38.1 Å². The molecule has 1 aliphatic carbocycles. The summed E-state index contributed by atoms with van der Waals surface area (Å²) in [6.45, 7) is 4.92. The Balaban J connectivity index is 1.46. The van der Waals surface area contributed by atoms with Crippen LogP contribution in [0.4, 0.5) is 4.79 Å². The highest BCUT2D eigenvalue weighted by Gasteiger charge is 2.29. The fourth-order valence-corrected chi connectivity index (χ4v) is 4.63. The van der Waals surface area contributed by atoms with E-state index >= 15 is 0 Å². The van der Waals surface area contributed by atoms with Crippen molar-refractivity contribution in [2.75, 3.05) is 19.7 Å². The average Bonchev–Trinajstić information content (AvgIpc) is 3.17. The van der Waals surface area contributed by atoms with Crippen LogP contribution in [-0.4, -0.2) is 42.8 Å². The van der Waals surface area contributed by atoms with E-state index in [0.29, 0.717) is 19.4 Å². The van der Waals surface area contributed by atoms with Crippen molar-refractivity contribution in [3.63, 3.8) is 0 Å². The normalized spacial score (nSPS) is 13.9. The molecule has 188 valence electrons. The van der Waals surface area contributed by atoms with Crippen molar-refractivity contribution in [2.45, 2.75) is 51.9 Å². The number of rotatable bonds is 13.